The van der Waals surface area contributed by atoms with Crippen molar-refractivity contribution in [1.82, 2.24) is 30.1 Å². The third-order valence-electron chi connectivity index (χ3n) is 3.66. The van der Waals surface area contributed by atoms with Crippen LogP contribution in [0.5, 0.6) is 0 Å². The van der Waals surface area contributed by atoms with Crippen molar-refractivity contribution in [3.63, 3.8) is 0 Å². The first kappa shape index (κ1) is 14.4. The summed E-state index contributed by atoms with van der Waals surface area (Å²) in [5.41, 5.74) is 8.15. The first-order valence-corrected chi connectivity index (χ1v) is 7.14. The monoisotopic (exact) mass is 325 g/mol. The van der Waals surface area contributed by atoms with Gasteiger partial charge in [-0.25, -0.2) is 14.1 Å². The van der Waals surface area contributed by atoms with Crippen LogP contribution in [0.4, 0.5) is 4.39 Å². The zero-order valence-corrected chi connectivity index (χ0v) is 12.6. The molecule has 9 heteroatoms. The molecule has 0 spiro atoms. The van der Waals surface area contributed by atoms with Crippen LogP contribution in [0.3, 0.4) is 0 Å². The van der Waals surface area contributed by atoms with E-state index in [0.717, 1.165) is 0 Å². The van der Waals surface area contributed by atoms with E-state index in [1.807, 2.05) is 0 Å². The first-order valence-electron chi connectivity index (χ1n) is 7.14. The number of fused-ring (bicyclic) bond motifs is 1. The number of pyridine rings is 1. The van der Waals surface area contributed by atoms with Crippen molar-refractivity contribution < 1.29 is 8.91 Å². The maximum Gasteiger partial charge on any atom is 0.260 e. The predicted octanol–water partition coefficient (Wildman–Crippen LogP) is 1.68. The highest BCUT2D eigenvalue weighted by Crippen LogP contribution is 2.27. The summed E-state index contributed by atoms with van der Waals surface area (Å²) >= 11 is 0. The van der Waals surface area contributed by atoms with E-state index in [4.69, 9.17) is 10.3 Å². The van der Waals surface area contributed by atoms with Gasteiger partial charge >= 0.3 is 0 Å². The van der Waals surface area contributed by atoms with Gasteiger partial charge < -0.3 is 10.3 Å². The molecule has 0 amide bonds. The lowest BCUT2D eigenvalue weighted by Gasteiger charge is -2.00. The minimum atomic E-state index is -0.454. The van der Waals surface area contributed by atoms with Gasteiger partial charge in [-0.05, 0) is 23.8 Å². The van der Waals surface area contributed by atoms with Gasteiger partial charge in [-0.1, -0.05) is 16.4 Å². The van der Waals surface area contributed by atoms with E-state index in [9.17, 15) is 4.39 Å². The summed E-state index contributed by atoms with van der Waals surface area (Å²) in [6.45, 7) is 0.260. The van der Waals surface area contributed by atoms with Crippen LogP contribution < -0.4 is 5.73 Å². The summed E-state index contributed by atoms with van der Waals surface area (Å²) in [6.07, 6.45) is 1.60. The second-order valence-corrected chi connectivity index (χ2v) is 5.19. The molecule has 3 aromatic heterocycles. The molecule has 4 aromatic rings. The SMILES string of the molecule is Cn1nnc2c(-c3nc(-c4ccc(CN)cc4F)no3)ccnc21. The smallest absolute Gasteiger partial charge is 0.260 e. The van der Waals surface area contributed by atoms with Crippen LogP contribution in [0.1, 0.15) is 5.56 Å². The summed E-state index contributed by atoms with van der Waals surface area (Å²) in [7, 11) is 1.74. The van der Waals surface area contributed by atoms with Gasteiger partial charge in [0.2, 0.25) is 5.82 Å². The van der Waals surface area contributed by atoms with Crippen LogP contribution >= 0.6 is 0 Å². The highest BCUT2D eigenvalue weighted by atomic mass is 19.1. The van der Waals surface area contributed by atoms with Crippen LogP contribution in [0.25, 0.3) is 34.0 Å². The number of aromatic nitrogens is 6. The highest BCUT2D eigenvalue weighted by molar-refractivity contribution is 5.86. The number of aryl methyl sites for hydroxylation is 1. The Balaban J connectivity index is 1.80. The molecular formula is C15H12FN7O. The molecule has 0 bridgehead atoms. The molecule has 0 aliphatic heterocycles. The number of hydrogen-bond acceptors (Lipinski definition) is 7. The van der Waals surface area contributed by atoms with Crippen molar-refractivity contribution in [2.24, 2.45) is 12.8 Å². The number of nitrogens with two attached hydrogens (primary N) is 1. The minimum absolute atomic E-state index is 0.153. The lowest BCUT2D eigenvalue weighted by atomic mass is 10.1. The fraction of sp³-hybridized carbons (Fsp3) is 0.133. The molecule has 0 radical (unpaired) electrons. The second kappa shape index (κ2) is 5.46. The molecule has 24 heavy (non-hydrogen) atoms. The molecule has 8 nitrogen and oxygen atoms in total. The second-order valence-electron chi connectivity index (χ2n) is 5.19. The summed E-state index contributed by atoms with van der Waals surface area (Å²) in [6, 6.07) is 6.36. The van der Waals surface area contributed by atoms with Crippen molar-refractivity contribution >= 4 is 11.2 Å². The van der Waals surface area contributed by atoms with Gasteiger partial charge in [0.05, 0.1) is 11.1 Å². The molecule has 4 rings (SSSR count). The minimum Gasteiger partial charge on any atom is -0.334 e. The van der Waals surface area contributed by atoms with Gasteiger partial charge in [-0.2, -0.15) is 4.98 Å². The fourth-order valence-corrected chi connectivity index (χ4v) is 2.41. The van der Waals surface area contributed by atoms with Gasteiger partial charge in [0.15, 0.2) is 5.65 Å². The Morgan fingerprint density at radius 2 is 2.12 bits per heavy atom. The third kappa shape index (κ3) is 2.22. The Bertz CT molecular complexity index is 1040. The van der Waals surface area contributed by atoms with E-state index >= 15 is 0 Å². The van der Waals surface area contributed by atoms with Crippen molar-refractivity contribution in [2.75, 3.05) is 0 Å². The standard InChI is InChI=1S/C15H12FN7O/c1-23-14-12(20-22-23)10(4-5-18-14)15-19-13(21-24-15)9-3-2-8(7-17)6-11(9)16/h2-6H,7,17H2,1H3. The van der Waals surface area contributed by atoms with Crippen LogP contribution in [-0.4, -0.2) is 30.1 Å². The van der Waals surface area contributed by atoms with Crippen LogP contribution in [0, 0.1) is 5.82 Å². The zero-order valence-electron chi connectivity index (χ0n) is 12.6. The first-order chi connectivity index (χ1) is 11.7. The van der Waals surface area contributed by atoms with Gasteiger partial charge in [0.1, 0.15) is 11.3 Å². The molecule has 0 saturated heterocycles. The molecule has 0 atom stereocenters. The van der Waals surface area contributed by atoms with Crippen LogP contribution in [0.15, 0.2) is 35.0 Å². The Morgan fingerprint density at radius 3 is 2.92 bits per heavy atom. The topological polar surface area (TPSA) is 109 Å². The van der Waals surface area contributed by atoms with Crippen molar-refractivity contribution in [1.29, 1.82) is 0 Å². The van der Waals surface area contributed by atoms with E-state index in [1.165, 1.54) is 6.07 Å². The maximum atomic E-state index is 14.2. The van der Waals surface area contributed by atoms with Gasteiger partial charge in [0.25, 0.3) is 5.89 Å². The summed E-state index contributed by atoms with van der Waals surface area (Å²) < 4.78 is 21.0. The summed E-state index contributed by atoms with van der Waals surface area (Å²) in [4.78, 5) is 8.47. The summed E-state index contributed by atoms with van der Waals surface area (Å²) in [5.74, 6) is -0.0789. The van der Waals surface area contributed by atoms with E-state index < -0.39 is 5.82 Å². The largest absolute Gasteiger partial charge is 0.334 e. The van der Waals surface area contributed by atoms with E-state index in [1.54, 1.807) is 36.1 Å². The Kier molecular flexibility index (Phi) is 3.28. The van der Waals surface area contributed by atoms with E-state index in [2.05, 4.69) is 25.4 Å². The molecule has 1 aromatic carbocycles. The molecule has 3 heterocycles. The predicted molar refractivity (Wildman–Crippen MR) is 82.9 cm³/mol. The van der Waals surface area contributed by atoms with Crippen molar-refractivity contribution in [3.05, 3.63) is 41.8 Å². The fourth-order valence-electron chi connectivity index (χ4n) is 2.41. The molecule has 0 unspecified atom stereocenters. The van der Waals surface area contributed by atoms with Gasteiger partial charge in [0, 0.05) is 19.8 Å². The lowest BCUT2D eigenvalue weighted by Crippen LogP contribution is -1.97. The molecule has 0 aliphatic rings. The van der Waals surface area contributed by atoms with Crippen LogP contribution in [-0.2, 0) is 13.6 Å². The highest BCUT2D eigenvalue weighted by Gasteiger charge is 2.18. The van der Waals surface area contributed by atoms with Crippen molar-refractivity contribution in [3.8, 4) is 22.8 Å². The Labute approximate surface area is 135 Å². The molecule has 0 saturated carbocycles. The number of hydrogen-bond donors (Lipinski definition) is 1. The van der Waals surface area contributed by atoms with E-state index in [-0.39, 0.29) is 23.8 Å². The zero-order chi connectivity index (χ0) is 16.7. The molecule has 0 aliphatic carbocycles. The number of rotatable bonds is 3. The summed E-state index contributed by atoms with van der Waals surface area (Å²) in [5, 5.41) is 11.8. The van der Waals surface area contributed by atoms with Crippen molar-refractivity contribution in [2.45, 2.75) is 6.54 Å². The number of nitrogens with zero attached hydrogens (tertiary/aromatic N) is 6. The Morgan fingerprint density at radius 1 is 1.25 bits per heavy atom. The number of benzene rings is 1. The molecule has 2 N–H and O–H groups in total. The molecule has 120 valence electrons. The van der Waals surface area contributed by atoms with Crippen LogP contribution in [0.2, 0.25) is 0 Å². The average Bonchev–Trinajstić information content (AvgIpc) is 3.22. The third-order valence-corrected chi connectivity index (χ3v) is 3.66. The quantitative estimate of drug-likeness (QED) is 0.610. The molecule has 0 fully saturated rings. The van der Waals surface area contributed by atoms with Gasteiger partial charge in [-0.15, -0.1) is 5.10 Å². The average molecular weight is 325 g/mol. The number of halogens is 1. The lowest BCUT2D eigenvalue weighted by molar-refractivity contribution is 0.432. The maximum absolute atomic E-state index is 14.2. The molecular weight excluding hydrogens is 313 g/mol. The Hall–Kier alpha value is -3.20. The van der Waals surface area contributed by atoms with Gasteiger partial charge in [-0.3, -0.25) is 0 Å². The van der Waals surface area contributed by atoms with E-state index in [0.29, 0.717) is 22.3 Å². The normalized spacial score (nSPS) is 11.3.